The van der Waals surface area contributed by atoms with Crippen molar-refractivity contribution >= 4 is 17.5 Å². The van der Waals surface area contributed by atoms with Crippen LogP contribution < -0.4 is 10.1 Å². The molecule has 0 aliphatic heterocycles. The summed E-state index contributed by atoms with van der Waals surface area (Å²) in [5.41, 5.74) is 0.551. The molecule has 1 N–H and O–H groups in total. The first-order chi connectivity index (χ1) is 8.22. The van der Waals surface area contributed by atoms with Gasteiger partial charge < -0.3 is 10.1 Å². The van der Waals surface area contributed by atoms with E-state index in [-0.39, 0.29) is 11.3 Å². The topological polar surface area (TPSA) is 38.3 Å². The zero-order valence-electron chi connectivity index (χ0n) is 9.78. The maximum atomic E-state index is 11.9. The second-order valence-electron chi connectivity index (χ2n) is 4.26. The highest BCUT2D eigenvalue weighted by Crippen LogP contribution is 2.35. The maximum absolute atomic E-state index is 11.9. The molecule has 1 aromatic rings. The predicted molar refractivity (Wildman–Crippen MR) is 67.7 cm³/mol. The third-order valence-corrected chi connectivity index (χ3v) is 3.45. The fourth-order valence-corrected chi connectivity index (χ4v) is 2.07. The number of carbonyl (C=O) groups excluding carboxylic acids is 1. The summed E-state index contributed by atoms with van der Waals surface area (Å²) in [6.45, 7) is 0.517. The molecule has 0 heterocycles. The maximum Gasteiger partial charge on any atom is 0.255 e. The van der Waals surface area contributed by atoms with Crippen LogP contribution in [-0.2, 0) is 0 Å². The van der Waals surface area contributed by atoms with Crippen LogP contribution >= 0.6 is 11.6 Å². The molecular weight excluding hydrogens is 238 g/mol. The van der Waals surface area contributed by atoms with Gasteiger partial charge in [0.05, 0.1) is 18.1 Å². The number of amides is 1. The van der Waals surface area contributed by atoms with Crippen molar-refractivity contribution in [1.82, 2.24) is 5.32 Å². The number of para-hydroxylation sites is 1. The Bertz CT molecular complexity index is 404. The van der Waals surface area contributed by atoms with Crippen LogP contribution in [0.2, 0.25) is 0 Å². The lowest BCUT2D eigenvalue weighted by Gasteiger charge is -2.11. The Balaban J connectivity index is 1.94. The van der Waals surface area contributed by atoms with Crippen LogP contribution in [0, 0.1) is 5.92 Å². The number of hydrogen-bond donors (Lipinski definition) is 1. The van der Waals surface area contributed by atoms with Crippen molar-refractivity contribution in [2.24, 2.45) is 5.92 Å². The summed E-state index contributed by atoms with van der Waals surface area (Å²) >= 11 is 6.14. The van der Waals surface area contributed by atoms with Gasteiger partial charge in [0, 0.05) is 6.54 Å². The van der Waals surface area contributed by atoms with Gasteiger partial charge in [0.1, 0.15) is 5.75 Å². The summed E-state index contributed by atoms with van der Waals surface area (Å²) in [6.07, 6.45) is 2.36. The van der Waals surface area contributed by atoms with E-state index < -0.39 is 0 Å². The molecule has 0 spiro atoms. The van der Waals surface area contributed by atoms with Crippen molar-refractivity contribution in [1.29, 1.82) is 0 Å². The van der Waals surface area contributed by atoms with Crippen LogP contribution in [0.25, 0.3) is 0 Å². The number of ether oxygens (including phenoxy) is 1. The SMILES string of the molecule is COc1ccccc1C(=O)NCC(Cl)C1CC1. The number of benzene rings is 1. The molecule has 4 heteroatoms. The molecule has 0 bridgehead atoms. The van der Waals surface area contributed by atoms with Crippen molar-refractivity contribution in [2.45, 2.75) is 18.2 Å². The standard InChI is InChI=1S/C13H16ClNO2/c1-17-12-5-3-2-4-10(12)13(16)15-8-11(14)9-6-7-9/h2-5,9,11H,6-8H2,1H3,(H,15,16). The molecule has 92 valence electrons. The van der Waals surface area contributed by atoms with Gasteiger partial charge in [-0.05, 0) is 30.9 Å². The molecule has 1 aliphatic carbocycles. The third kappa shape index (κ3) is 3.13. The highest BCUT2D eigenvalue weighted by Gasteiger charge is 2.29. The van der Waals surface area contributed by atoms with E-state index in [2.05, 4.69) is 5.32 Å². The van der Waals surface area contributed by atoms with E-state index in [0.29, 0.717) is 23.8 Å². The van der Waals surface area contributed by atoms with Crippen LogP contribution in [0.3, 0.4) is 0 Å². The molecule has 0 aromatic heterocycles. The van der Waals surface area contributed by atoms with Crippen molar-refractivity contribution in [3.63, 3.8) is 0 Å². The summed E-state index contributed by atoms with van der Waals surface area (Å²) in [6, 6.07) is 7.17. The number of halogens is 1. The minimum Gasteiger partial charge on any atom is -0.496 e. The van der Waals surface area contributed by atoms with Crippen LogP contribution in [-0.4, -0.2) is 24.9 Å². The predicted octanol–water partition coefficient (Wildman–Crippen LogP) is 2.44. The number of nitrogens with one attached hydrogen (secondary N) is 1. The first-order valence-electron chi connectivity index (χ1n) is 5.77. The molecule has 1 unspecified atom stereocenters. The summed E-state index contributed by atoms with van der Waals surface area (Å²) < 4.78 is 5.14. The minimum absolute atomic E-state index is 0.0497. The average Bonchev–Trinajstić information content (AvgIpc) is 3.19. The van der Waals surface area contributed by atoms with Gasteiger partial charge in [0.25, 0.3) is 5.91 Å². The fraction of sp³-hybridized carbons (Fsp3) is 0.462. The second kappa shape index (κ2) is 5.41. The Labute approximate surface area is 106 Å². The molecule has 1 aromatic carbocycles. The summed E-state index contributed by atoms with van der Waals surface area (Å²) in [4.78, 5) is 11.9. The number of hydrogen-bond acceptors (Lipinski definition) is 2. The first-order valence-corrected chi connectivity index (χ1v) is 6.21. The number of methoxy groups -OCH3 is 1. The first kappa shape index (κ1) is 12.2. The Kier molecular flexibility index (Phi) is 3.89. The molecule has 0 saturated heterocycles. The van der Waals surface area contributed by atoms with Gasteiger partial charge in [-0.3, -0.25) is 4.79 Å². The molecule has 1 saturated carbocycles. The molecule has 3 nitrogen and oxygen atoms in total. The smallest absolute Gasteiger partial charge is 0.255 e. The van der Waals surface area contributed by atoms with E-state index in [1.165, 1.54) is 12.8 Å². The number of carbonyl (C=O) groups is 1. The lowest BCUT2D eigenvalue weighted by atomic mass is 10.2. The molecule has 1 aliphatic rings. The van der Waals surface area contributed by atoms with E-state index in [1.54, 1.807) is 19.2 Å². The molecule has 1 atom stereocenters. The Morgan fingerprint density at radius 1 is 1.53 bits per heavy atom. The van der Waals surface area contributed by atoms with Crippen LogP contribution in [0.1, 0.15) is 23.2 Å². The van der Waals surface area contributed by atoms with Gasteiger partial charge >= 0.3 is 0 Å². The van der Waals surface area contributed by atoms with Crippen molar-refractivity contribution in [3.05, 3.63) is 29.8 Å². The zero-order chi connectivity index (χ0) is 12.3. The largest absolute Gasteiger partial charge is 0.496 e. The number of alkyl halides is 1. The van der Waals surface area contributed by atoms with E-state index in [1.807, 2.05) is 12.1 Å². The van der Waals surface area contributed by atoms with Crippen LogP contribution in [0.5, 0.6) is 5.75 Å². The number of rotatable bonds is 5. The van der Waals surface area contributed by atoms with Crippen LogP contribution in [0.15, 0.2) is 24.3 Å². The highest BCUT2D eigenvalue weighted by molar-refractivity contribution is 6.21. The monoisotopic (exact) mass is 253 g/mol. The summed E-state index contributed by atoms with van der Waals surface area (Å²) in [7, 11) is 1.56. The Morgan fingerprint density at radius 2 is 2.24 bits per heavy atom. The quantitative estimate of drug-likeness (QED) is 0.819. The zero-order valence-corrected chi connectivity index (χ0v) is 10.5. The molecule has 1 fully saturated rings. The van der Waals surface area contributed by atoms with Gasteiger partial charge in [-0.1, -0.05) is 12.1 Å². The van der Waals surface area contributed by atoms with Crippen molar-refractivity contribution in [3.8, 4) is 5.75 Å². The van der Waals surface area contributed by atoms with Crippen LogP contribution in [0.4, 0.5) is 0 Å². The van der Waals surface area contributed by atoms with Gasteiger partial charge in [-0.2, -0.15) is 0 Å². The lowest BCUT2D eigenvalue weighted by molar-refractivity contribution is 0.0950. The van der Waals surface area contributed by atoms with E-state index in [0.717, 1.165) is 0 Å². The summed E-state index contributed by atoms with van der Waals surface area (Å²) in [5.74, 6) is 1.03. The summed E-state index contributed by atoms with van der Waals surface area (Å²) in [5, 5.41) is 2.89. The molecule has 17 heavy (non-hydrogen) atoms. The van der Waals surface area contributed by atoms with Gasteiger partial charge in [0.2, 0.25) is 0 Å². The van der Waals surface area contributed by atoms with Crippen molar-refractivity contribution in [2.75, 3.05) is 13.7 Å². The Hall–Kier alpha value is -1.22. The third-order valence-electron chi connectivity index (χ3n) is 2.94. The fourth-order valence-electron chi connectivity index (χ4n) is 1.74. The van der Waals surface area contributed by atoms with Crippen molar-refractivity contribution < 1.29 is 9.53 Å². The molecule has 0 radical (unpaired) electrons. The van der Waals surface area contributed by atoms with Gasteiger partial charge in [0.15, 0.2) is 0 Å². The van der Waals surface area contributed by atoms with E-state index in [4.69, 9.17) is 16.3 Å². The average molecular weight is 254 g/mol. The molecule has 1 amide bonds. The lowest BCUT2D eigenvalue weighted by Crippen LogP contribution is -2.30. The molecular formula is C13H16ClNO2. The molecule has 2 rings (SSSR count). The Morgan fingerprint density at radius 3 is 2.88 bits per heavy atom. The normalized spacial score (nSPS) is 16.4. The minimum atomic E-state index is -0.131. The van der Waals surface area contributed by atoms with E-state index >= 15 is 0 Å². The second-order valence-corrected chi connectivity index (χ2v) is 4.82. The highest BCUT2D eigenvalue weighted by atomic mass is 35.5. The van der Waals surface area contributed by atoms with Gasteiger partial charge in [-0.15, -0.1) is 11.6 Å². The van der Waals surface area contributed by atoms with E-state index in [9.17, 15) is 4.79 Å². The van der Waals surface area contributed by atoms with Gasteiger partial charge in [-0.25, -0.2) is 0 Å².